The molecular weight excluding hydrogens is 342 g/mol. The fraction of sp³-hybridized carbons (Fsp3) is 0.556. The zero-order chi connectivity index (χ0) is 18.7. The van der Waals surface area contributed by atoms with E-state index in [1.807, 2.05) is 30.3 Å². The Morgan fingerprint density at radius 3 is 2.50 bits per heavy atom. The third-order valence-corrected chi connectivity index (χ3v) is 4.32. The monoisotopic (exact) mass is 365 g/mol. The van der Waals surface area contributed by atoms with Gasteiger partial charge in [0.15, 0.2) is 18.7 Å². The molecule has 0 spiro atoms. The van der Waals surface area contributed by atoms with Crippen LogP contribution in [0.4, 0.5) is 0 Å². The van der Waals surface area contributed by atoms with E-state index in [0.29, 0.717) is 0 Å². The predicted octanol–water partition coefficient (Wildman–Crippen LogP) is 0.908. The van der Waals surface area contributed by atoms with Crippen molar-refractivity contribution in [3.63, 3.8) is 0 Å². The number of ether oxygens (including phenoxy) is 5. The number of esters is 1. The smallest absolute Gasteiger partial charge is 0.303 e. The van der Waals surface area contributed by atoms with Crippen molar-refractivity contribution < 1.29 is 33.3 Å². The number of nitrogens with one attached hydrogen (secondary N) is 1. The van der Waals surface area contributed by atoms with Gasteiger partial charge < -0.3 is 29.0 Å². The number of fused-ring (bicyclic) bond motifs is 1. The topological polar surface area (TPSA) is 92.3 Å². The quantitative estimate of drug-likeness (QED) is 0.793. The van der Waals surface area contributed by atoms with Crippen LogP contribution in [0.1, 0.15) is 25.7 Å². The highest BCUT2D eigenvalue weighted by Crippen LogP contribution is 2.35. The number of benzene rings is 1. The minimum absolute atomic E-state index is 0.257. The Bertz CT molecular complexity index is 638. The van der Waals surface area contributed by atoms with Crippen molar-refractivity contribution in [3.8, 4) is 0 Å². The molecular formula is C18H23NO7. The van der Waals surface area contributed by atoms with Crippen molar-refractivity contribution in [1.82, 2.24) is 5.32 Å². The fourth-order valence-electron chi connectivity index (χ4n) is 3.28. The highest BCUT2D eigenvalue weighted by Gasteiger charge is 2.52. The molecule has 2 saturated heterocycles. The Kier molecular flexibility index (Phi) is 5.87. The number of methoxy groups -OCH3 is 1. The van der Waals surface area contributed by atoms with Gasteiger partial charge in [0.05, 0.1) is 12.6 Å². The van der Waals surface area contributed by atoms with Crippen molar-refractivity contribution in [3.05, 3.63) is 35.9 Å². The van der Waals surface area contributed by atoms with Crippen LogP contribution in [0.15, 0.2) is 30.3 Å². The Balaban J connectivity index is 1.86. The van der Waals surface area contributed by atoms with Gasteiger partial charge in [-0.3, -0.25) is 9.59 Å². The first-order valence-corrected chi connectivity index (χ1v) is 8.44. The predicted molar refractivity (Wildman–Crippen MR) is 88.8 cm³/mol. The van der Waals surface area contributed by atoms with Gasteiger partial charge in [-0.2, -0.15) is 0 Å². The first-order valence-electron chi connectivity index (χ1n) is 8.44. The molecule has 2 heterocycles. The maximum atomic E-state index is 11.7. The van der Waals surface area contributed by atoms with Crippen molar-refractivity contribution in [2.75, 3.05) is 13.7 Å². The highest BCUT2D eigenvalue weighted by atomic mass is 16.8. The van der Waals surface area contributed by atoms with Crippen LogP contribution in [0.5, 0.6) is 0 Å². The molecule has 26 heavy (non-hydrogen) atoms. The van der Waals surface area contributed by atoms with Gasteiger partial charge in [0.1, 0.15) is 12.2 Å². The van der Waals surface area contributed by atoms with Crippen LogP contribution in [0, 0.1) is 0 Å². The van der Waals surface area contributed by atoms with Crippen LogP contribution in [0.3, 0.4) is 0 Å². The summed E-state index contributed by atoms with van der Waals surface area (Å²) in [4.78, 5) is 23.3. The van der Waals surface area contributed by atoms with Gasteiger partial charge in [0, 0.05) is 26.5 Å². The standard InChI is InChI=1S/C18H23NO7/c1-10(20)19-14-15-13(25-18(22-3)16(14)24-11(2)21)9-23-17(26-15)12-7-5-4-6-8-12/h4-8,13-18H,9H2,1-3H3,(H,19,20)/t13-,14+,15-,16-,17+,18+/m1/s1. The molecule has 1 amide bonds. The molecule has 6 atom stereocenters. The molecule has 0 radical (unpaired) electrons. The molecule has 3 rings (SSSR count). The molecule has 2 aliphatic rings. The van der Waals surface area contributed by atoms with E-state index < -0.39 is 42.9 Å². The summed E-state index contributed by atoms with van der Waals surface area (Å²) in [5, 5.41) is 2.82. The second-order valence-corrected chi connectivity index (χ2v) is 6.26. The Hall–Kier alpha value is -2.00. The molecule has 8 nitrogen and oxygen atoms in total. The number of amides is 1. The van der Waals surface area contributed by atoms with Gasteiger partial charge >= 0.3 is 5.97 Å². The first kappa shape index (κ1) is 18.8. The first-order chi connectivity index (χ1) is 12.5. The van der Waals surface area contributed by atoms with Gasteiger partial charge in [-0.05, 0) is 0 Å². The molecule has 142 valence electrons. The number of rotatable bonds is 4. The molecule has 2 fully saturated rings. The van der Waals surface area contributed by atoms with Gasteiger partial charge in [-0.25, -0.2) is 0 Å². The normalized spacial score (nSPS) is 33.8. The Morgan fingerprint density at radius 2 is 1.88 bits per heavy atom. The Labute approximate surface area is 151 Å². The summed E-state index contributed by atoms with van der Waals surface area (Å²) >= 11 is 0. The van der Waals surface area contributed by atoms with Crippen LogP contribution >= 0.6 is 0 Å². The molecule has 0 bridgehead atoms. The van der Waals surface area contributed by atoms with E-state index in [1.165, 1.54) is 21.0 Å². The molecule has 2 aliphatic heterocycles. The van der Waals surface area contributed by atoms with Gasteiger partial charge in [0.25, 0.3) is 0 Å². The van der Waals surface area contributed by atoms with E-state index in [0.717, 1.165) is 5.56 Å². The second-order valence-electron chi connectivity index (χ2n) is 6.26. The Morgan fingerprint density at radius 1 is 1.15 bits per heavy atom. The summed E-state index contributed by atoms with van der Waals surface area (Å²) in [5.74, 6) is -0.768. The fourth-order valence-corrected chi connectivity index (χ4v) is 3.28. The minimum atomic E-state index is -0.836. The molecule has 0 aromatic heterocycles. The zero-order valence-electron chi connectivity index (χ0n) is 14.9. The largest absolute Gasteiger partial charge is 0.455 e. The molecule has 0 saturated carbocycles. The molecule has 0 unspecified atom stereocenters. The molecule has 0 aliphatic carbocycles. The number of carbonyl (C=O) groups is 2. The lowest BCUT2D eigenvalue weighted by Gasteiger charge is -2.48. The van der Waals surface area contributed by atoms with E-state index >= 15 is 0 Å². The van der Waals surface area contributed by atoms with E-state index in [1.54, 1.807) is 0 Å². The van der Waals surface area contributed by atoms with Crippen molar-refractivity contribution in [1.29, 1.82) is 0 Å². The lowest BCUT2D eigenvalue weighted by Crippen LogP contribution is -2.67. The summed E-state index contributed by atoms with van der Waals surface area (Å²) in [6, 6.07) is 8.83. The summed E-state index contributed by atoms with van der Waals surface area (Å²) in [6.45, 7) is 2.94. The van der Waals surface area contributed by atoms with E-state index in [9.17, 15) is 9.59 Å². The lowest BCUT2D eigenvalue weighted by atomic mass is 9.94. The van der Waals surface area contributed by atoms with Crippen molar-refractivity contribution in [2.24, 2.45) is 0 Å². The van der Waals surface area contributed by atoms with Crippen LogP contribution in [-0.2, 0) is 33.3 Å². The molecule has 1 N–H and O–H groups in total. The summed E-state index contributed by atoms with van der Waals surface area (Å²) < 4.78 is 28.4. The molecule has 1 aromatic rings. The van der Waals surface area contributed by atoms with Crippen molar-refractivity contribution in [2.45, 2.75) is 50.8 Å². The summed E-state index contributed by atoms with van der Waals surface area (Å²) in [7, 11) is 1.45. The second kappa shape index (κ2) is 8.13. The lowest BCUT2D eigenvalue weighted by molar-refractivity contribution is -0.341. The van der Waals surface area contributed by atoms with Crippen LogP contribution in [0.25, 0.3) is 0 Å². The third kappa shape index (κ3) is 4.04. The van der Waals surface area contributed by atoms with E-state index in [2.05, 4.69) is 5.32 Å². The van der Waals surface area contributed by atoms with Gasteiger partial charge in [-0.1, -0.05) is 30.3 Å². The number of hydrogen-bond donors (Lipinski definition) is 1. The summed E-state index contributed by atoms with van der Waals surface area (Å²) in [6.07, 6.45) is -3.30. The summed E-state index contributed by atoms with van der Waals surface area (Å²) in [5.41, 5.74) is 0.852. The SMILES string of the molecule is CO[C@H]1O[C@@H]2CO[C@H](c3ccccc3)O[C@H]2[C@H](NC(C)=O)[C@H]1OC(C)=O. The average Bonchev–Trinajstić information content (AvgIpc) is 2.63. The van der Waals surface area contributed by atoms with Gasteiger partial charge in [-0.15, -0.1) is 0 Å². The number of carbonyl (C=O) groups excluding carboxylic acids is 2. The highest BCUT2D eigenvalue weighted by molar-refractivity contribution is 5.73. The molecule has 8 heteroatoms. The van der Waals surface area contributed by atoms with E-state index in [4.69, 9.17) is 23.7 Å². The maximum absolute atomic E-state index is 11.7. The van der Waals surface area contributed by atoms with Crippen LogP contribution in [-0.4, -0.2) is 56.2 Å². The third-order valence-electron chi connectivity index (χ3n) is 4.32. The number of hydrogen-bond acceptors (Lipinski definition) is 7. The molecule has 1 aromatic carbocycles. The van der Waals surface area contributed by atoms with E-state index in [-0.39, 0.29) is 12.5 Å². The van der Waals surface area contributed by atoms with Crippen LogP contribution in [0.2, 0.25) is 0 Å². The average molecular weight is 365 g/mol. The zero-order valence-corrected chi connectivity index (χ0v) is 14.9. The minimum Gasteiger partial charge on any atom is -0.455 e. The van der Waals surface area contributed by atoms with Crippen LogP contribution < -0.4 is 5.32 Å². The maximum Gasteiger partial charge on any atom is 0.303 e. The van der Waals surface area contributed by atoms with Gasteiger partial charge in [0.2, 0.25) is 5.91 Å². The van der Waals surface area contributed by atoms with Crippen molar-refractivity contribution >= 4 is 11.9 Å².